The van der Waals surface area contributed by atoms with Crippen molar-refractivity contribution < 1.29 is 4.79 Å². The van der Waals surface area contributed by atoms with Crippen LogP contribution >= 0.6 is 0 Å². The number of rotatable bonds is 5. The molecule has 5 nitrogen and oxygen atoms in total. The van der Waals surface area contributed by atoms with Gasteiger partial charge in [0, 0.05) is 19.2 Å². The van der Waals surface area contributed by atoms with E-state index in [-0.39, 0.29) is 11.9 Å². The van der Waals surface area contributed by atoms with E-state index in [2.05, 4.69) is 39.5 Å². The minimum absolute atomic E-state index is 0.0386. The van der Waals surface area contributed by atoms with Crippen molar-refractivity contribution >= 4 is 16.9 Å². The van der Waals surface area contributed by atoms with E-state index in [1.54, 1.807) is 6.33 Å². The molecule has 5 heteroatoms. The van der Waals surface area contributed by atoms with Crippen LogP contribution in [0.25, 0.3) is 11.0 Å². The predicted molar refractivity (Wildman–Crippen MR) is 112 cm³/mol. The van der Waals surface area contributed by atoms with Gasteiger partial charge in [0.05, 0.1) is 23.4 Å². The number of hydrogen-bond acceptors (Lipinski definition) is 3. The zero-order valence-corrected chi connectivity index (χ0v) is 16.5. The van der Waals surface area contributed by atoms with E-state index in [0.717, 1.165) is 24.1 Å². The van der Waals surface area contributed by atoms with Gasteiger partial charge < -0.3 is 9.88 Å². The molecule has 0 radical (unpaired) electrons. The molecule has 1 fully saturated rings. The molecular formula is C23H28N4O. The Morgan fingerprint density at radius 2 is 1.82 bits per heavy atom. The molecule has 0 aliphatic carbocycles. The number of benzene rings is 2. The quantitative estimate of drug-likeness (QED) is 0.734. The molecule has 0 spiro atoms. The zero-order chi connectivity index (χ0) is 19.3. The van der Waals surface area contributed by atoms with Crippen LogP contribution in [-0.2, 0) is 7.05 Å². The monoisotopic (exact) mass is 376 g/mol. The molecular weight excluding hydrogens is 348 g/mol. The number of aromatic nitrogens is 2. The maximum Gasteiger partial charge on any atom is 0.251 e. The Morgan fingerprint density at radius 1 is 1.07 bits per heavy atom. The number of fused-ring (bicyclic) bond motifs is 1. The lowest BCUT2D eigenvalue weighted by Crippen LogP contribution is -2.38. The standard InChI is InChI=1S/C23H28N4O/c1-26-17-25-20-15-19(11-12-21(20)26)23(28)24-16-22(18-9-5-4-6-10-18)27-13-7-2-3-8-14-27/h4-6,9-12,15,17,22H,2-3,7-8,13-14,16H2,1H3,(H,24,28)/t22-/m1/s1. The number of carbonyl (C=O) groups is 1. The molecule has 28 heavy (non-hydrogen) atoms. The second kappa shape index (κ2) is 8.57. The first kappa shape index (κ1) is 18.7. The van der Waals surface area contributed by atoms with Crippen LogP contribution in [0.5, 0.6) is 0 Å². The maximum atomic E-state index is 12.8. The van der Waals surface area contributed by atoms with Gasteiger partial charge in [-0.2, -0.15) is 0 Å². The lowest BCUT2D eigenvalue weighted by atomic mass is 10.0. The van der Waals surface area contributed by atoms with Crippen LogP contribution < -0.4 is 5.32 Å². The van der Waals surface area contributed by atoms with Crippen molar-refractivity contribution in [2.45, 2.75) is 31.7 Å². The maximum absolute atomic E-state index is 12.8. The normalized spacial score (nSPS) is 16.6. The van der Waals surface area contributed by atoms with Crippen LogP contribution in [0.2, 0.25) is 0 Å². The fourth-order valence-corrected chi connectivity index (χ4v) is 4.11. The zero-order valence-electron chi connectivity index (χ0n) is 16.5. The lowest BCUT2D eigenvalue weighted by molar-refractivity contribution is 0.0933. The number of carbonyl (C=O) groups excluding carboxylic acids is 1. The molecule has 1 N–H and O–H groups in total. The summed E-state index contributed by atoms with van der Waals surface area (Å²) in [5, 5.41) is 3.17. The predicted octanol–water partition coefficient (Wildman–Crippen LogP) is 3.92. The van der Waals surface area contributed by atoms with Gasteiger partial charge in [-0.1, -0.05) is 43.2 Å². The molecule has 3 aromatic rings. The van der Waals surface area contributed by atoms with Crippen LogP contribution in [0.1, 0.15) is 47.6 Å². The average molecular weight is 377 g/mol. The number of nitrogens with one attached hydrogen (secondary N) is 1. The summed E-state index contributed by atoms with van der Waals surface area (Å²) in [6, 6.07) is 16.5. The van der Waals surface area contributed by atoms with Gasteiger partial charge >= 0.3 is 0 Å². The summed E-state index contributed by atoms with van der Waals surface area (Å²) < 4.78 is 1.96. The third-order valence-corrected chi connectivity index (χ3v) is 5.71. The fourth-order valence-electron chi connectivity index (χ4n) is 4.11. The Bertz CT molecular complexity index is 926. The van der Waals surface area contributed by atoms with Crippen LogP contribution in [0, 0.1) is 0 Å². The van der Waals surface area contributed by atoms with Gasteiger partial charge in [-0.05, 0) is 49.7 Å². The Labute approximate surface area is 166 Å². The minimum Gasteiger partial charge on any atom is -0.350 e. The molecule has 146 valence electrons. The van der Waals surface area contributed by atoms with Gasteiger partial charge in [-0.3, -0.25) is 9.69 Å². The van der Waals surface area contributed by atoms with E-state index in [4.69, 9.17) is 0 Å². The second-order valence-corrected chi connectivity index (χ2v) is 7.65. The first-order valence-electron chi connectivity index (χ1n) is 10.2. The van der Waals surface area contributed by atoms with Gasteiger partial charge in [0.25, 0.3) is 5.91 Å². The highest BCUT2D eigenvalue weighted by molar-refractivity contribution is 5.97. The molecule has 1 atom stereocenters. The highest BCUT2D eigenvalue weighted by atomic mass is 16.1. The Kier molecular flexibility index (Phi) is 5.72. The van der Waals surface area contributed by atoms with Crippen molar-refractivity contribution in [1.82, 2.24) is 19.8 Å². The number of aryl methyl sites for hydroxylation is 1. The number of amides is 1. The first-order chi connectivity index (χ1) is 13.7. The Morgan fingerprint density at radius 3 is 2.57 bits per heavy atom. The highest BCUT2D eigenvalue weighted by Gasteiger charge is 2.22. The van der Waals surface area contributed by atoms with Crippen molar-refractivity contribution in [2.24, 2.45) is 7.05 Å². The van der Waals surface area contributed by atoms with Crippen molar-refractivity contribution in [3.05, 3.63) is 66.0 Å². The summed E-state index contributed by atoms with van der Waals surface area (Å²) in [7, 11) is 1.96. The molecule has 0 bridgehead atoms. The first-order valence-corrected chi connectivity index (χ1v) is 10.2. The highest BCUT2D eigenvalue weighted by Crippen LogP contribution is 2.24. The van der Waals surface area contributed by atoms with Crippen LogP contribution in [-0.4, -0.2) is 40.0 Å². The average Bonchev–Trinajstić information content (AvgIpc) is 2.93. The largest absolute Gasteiger partial charge is 0.350 e. The van der Waals surface area contributed by atoms with Crippen molar-refractivity contribution in [2.75, 3.05) is 19.6 Å². The van der Waals surface area contributed by atoms with Crippen LogP contribution in [0.3, 0.4) is 0 Å². The van der Waals surface area contributed by atoms with E-state index < -0.39 is 0 Å². The number of likely N-dealkylation sites (tertiary alicyclic amines) is 1. The molecule has 1 aliphatic heterocycles. The number of imidazole rings is 1. The topological polar surface area (TPSA) is 50.2 Å². The van der Waals surface area contributed by atoms with Crippen molar-refractivity contribution in [3.63, 3.8) is 0 Å². The third-order valence-electron chi connectivity index (χ3n) is 5.71. The second-order valence-electron chi connectivity index (χ2n) is 7.65. The summed E-state index contributed by atoms with van der Waals surface area (Å²) >= 11 is 0. The molecule has 0 unspecified atom stereocenters. The minimum atomic E-state index is -0.0386. The van der Waals surface area contributed by atoms with Crippen molar-refractivity contribution in [1.29, 1.82) is 0 Å². The summed E-state index contributed by atoms with van der Waals surface area (Å²) in [6.07, 6.45) is 6.83. The molecule has 1 aromatic heterocycles. The third kappa shape index (κ3) is 4.09. The summed E-state index contributed by atoms with van der Waals surface area (Å²) in [4.78, 5) is 19.7. The van der Waals surface area contributed by atoms with E-state index in [0.29, 0.717) is 12.1 Å². The van der Waals surface area contributed by atoms with Gasteiger partial charge in [0.2, 0.25) is 0 Å². The number of nitrogens with zero attached hydrogens (tertiary/aromatic N) is 3. The Balaban J connectivity index is 1.50. The number of hydrogen-bond donors (Lipinski definition) is 1. The lowest BCUT2D eigenvalue weighted by Gasteiger charge is -2.31. The van der Waals surface area contributed by atoms with E-state index >= 15 is 0 Å². The Hall–Kier alpha value is -2.66. The van der Waals surface area contributed by atoms with E-state index in [1.807, 2.05) is 35.9 Å². The van der Waals surface area contributed by atoms with Gasteiger partial charge in [-0.15, -0.1) is 0 Å². The fraction of sp³-hybridized carbons (Fsp3) is 0.391. The summed E-state index contributed by atoms with van der Waals surface area (Å²) in [6.45, 7) is 2.80. The van der Waals surface area contributed by atoms with Gasteiger partial charge in [0.15, 0.2) is 0 Å². The smallest absolute Gasteiger partial charge is 0.251 e. The molecule has 2 aromatic carbocycles. The van der Waals surface area contributed by atoms with Gasteiger partial charge in [0.1, 0.15) is 0 Å². The molecule has 4 rings (SSSR count). The summed E-state index contributed by atoms with van der Waals surface area (Å²) in [5.41, 5.74) is 3.81. The van der Waals surface area contributed by atoms with E-state index in [1.165, 1.54) is 31.2 Å². The summed E-state index contributed by atoms with van der Waals surface area (Å²) in [5.74, 6) is -0.0386. The SMILES string of the molecule is Cn1cnc2cc(C(=O)NC[C@H](c3ccccc3)N3CCCCCC3)ccc21. The molecule has 2 heterocycles. The van der Waals surface area contributed by atoms with Crippen molar-refractivity contribution in [3.8, 4) is 0 Å². The van der Waals surface area contributed by atoms with Gasteiger partial charge in [-0.25, -0.2) is 4.98 Å². The molecule has 1 saturated heterocycles. The van der Waals surface area contributed by atoms with E-state index in [9.17, 15) is 4.79 Å². The molecule has 0 saturated carbocycles. The van der Waals surface area contributed by atoms with Crippen LogP contribution in [0.4, 0.5) is 0 Å². The van der Waals surface area contributed by atoms with Crippen LogP contribution in [0.15, 0.2) is 54.9 Å². The molecule has 1 amide bonds. The molecule has 1 aliphatic rings.